The Bertz CT molecular complexity index is 888. The normalized spacial score (nSPS) is 19.1. The predicted octanol–water partition coefficient (Wildman–Crippen LogP) is 0.854. The predicted molar refractivity (Wildman–Crippen MR) is 97.3 cm³/mol. The van der Waals surface area contributed by atoms with Gasteiger partial charge in [-0.1, -0.05) is 18.2 Å². The second-order valence-corrected chi connectivity index (χ2v) is 6.97. The van der Waals surface area contributed by atoms with Gasteiger partial charge in [-0.3, -0.25) is 14.4 Å². The molecule has 1 unspecified atom stereocenters. The number of para-hydroxylation sites is 1. The summed E-state index contributed by atoms with van der Waals surface area (Å²) in [5.41, 5.74) is 6.34. The summed E-state index contributed by atoms with van der Waals surface area (Å²) in [7, 11) is 0. The molecular formula is C19H21N5O3. The number of hydrogen-bond donors (Lipinski definition) is 2. The molecule has 2 aromatic rings. The number of nitrogens with two attached hydrogens (primary N) is 1. The van der Waals surface area contributed by atoms with Crippen molar-refractivity contribution in [1.82, 2.24) is 20.0 Å². The molecule has 1 aliphatic carbocycles. The molecule has 1 atom stereocenters. The molecule has 2 fully saturated rings. The van der Waals surface area contributed by atoms with Gasteiger partial charge in [0.25, 0.3) is 11.8 Å². The zero-order valence-corrected chi connectivity index (χ0v) is 14.8. The highest BCUT2D eigenvalue weighted by atomic mass is 16.2. The lowest BCUT2D eigenvalue weighted by atomic mass is 10.2. The number of nitrogens with one attached hydrogen (secondary N) is 1. The molecule has 140 valence electrons. The number of benzene rings is 1. The van der Waals surface area contributed by atoms with Gasteiger partial charge in [0.2, 0.25) is 5.91 Å². The number of rotatable bonds is 5. The van der Waals surface area contributed by atoms with E-state index in [4.69, 9.17) is 5.73 Å². The third-order valence-corrected chi connectivity index (χ3v) is 4.92. The molecule has 1 aliphatic heterocycles. The summed E-state index contributed by atoms with van der Waals surface area (Å²) < 4.78 is 1.37. The Hall–Kier alpha value is -3.16. The van der Waals surface area contributed by atoms with E-state index in [0.29, 0.717) is 18.7 Å². The van der Waals surface area contributed by atoms with Gasteiger partial charge in [0, 0.05) is 18.7 Å². The van der Waals surface area contributed by atoms with E-state index in [1.807, 2.05) is 18.2 Å². The fourth-order valence-corrected chi connectivity index (χ4v) is 3.38. The number of amides is 3. The minimum absolute atomic E-state index is 0.110. The first-order valence-electron chi connectivity index (χ1n) is 9.11. The minimum atomic E-state index is -0.671. The van der Waals surface area contributed by atoms with Gasteiger partial charge < -0.3 is 16.0 Å². The van der Waals surface area contributed by atoms with Crippen LogP contribution in [-0.4, -0.2) is 51.0 Å². The average Bonchev–Trinajstić information content (AvgIpc) is 3.18. The van der Waals surface area contributed by atoms with Crippen molar-refractivity contribution in [2.75, 3.05) is 6.54 Å². The van der Waals surface area contributed by atoms with E-state index >= 15 is 0 Å². The Kier molecular flexibility index (Phi) is 4.39. The van der Waals surface area contributed by atoms with Gasteiger partial charge in [-0.25, -0.2) is 4.68 Å². The molecule has 3 N–H and O–H groups in total. The van der Waals surface area contributed by atoms with Crippen LogP contribution in [0.1, 0.15) is 46.7 Å². The standard InChI is InChI=1S/C19H21N5O3/c20-17(25)16-11-14(22-24(16)13-5-2-1-3-6-13)19(27)23-10-4-7-15(23)18(26)21-12-8-9-12/h1-3,5-6,11-12,15H,4,7-10H2,(H2,20,25)(H,21,26). The summed E-state index contributed by atoms with van der Waals surface area (Å²) in [6.45, 7) is 0.492. The smallest absolute Gasteiger partial charge is 0.275 e. The summed E-state index contributed by atoms with van der Waals surface area (Å²) in [5, 5.41) is 7.27. The third kappa shape index (κ3) is 3.42. The number of carbonyl (C=O) groups excluding carboxylic acids is 3. The van der Waals surface area contributed by atoms with Crippen LogP contribution in [0.25, 0.3) is 5.69 Å². The molecule has 8 nitrogen and oxygen atoms in total. The molecule has 1 aromatic heterocycles. The molecule has 2 heterocycles. The number of likely N-dealkylation sites (tertiary alicyclic amines) is 1. The molecule has 3 amide bonds. The topological polar surface area (TPSA) is 110 Å². The molecule has 1 saturated carbocycles. The first kappa shape index (κ1) is 17.3. The lowest BCUT2D eigenvalue weighted by Gasteiger charge is -2.23. The Morgan fingerprint density at radius 1 is 1.11 bits per heavy atom. The van der Waals surface area contributed by atoms with Crippen molar-refractivity contribution in [2.24, 2.45) is 5.73 Å². The lowest BCUT2D eigenvalue weighted by Crippen LogP contribution is -2.46. The van der Waals surface area contributed by atoms with Crippen LogP contribution < -0.4 is 11.1 Å². The van der Waals surface area contributed by atoms with Crippen LogP contribution in [0.2, 0.25) is 0 Å². The molecule has 4 rings (SSSR count). The molecular weight excluding hydrogens is 346 g/mol. The van der Waals surface area contributed by atoms with E-state index in [0.717, 1.165) is 19.3 Å². The molecule has 0 bridgehead atoms. The summed E-state index contributed by atoms with van der Waals surface area (Å²) in [4.78, 5) is 38.8. The van der Waals surface area contributed by atoms with Gasteiger partial charge in [-0.15, -0.1) is 0 Å². The van der Waals surface area contributed by atoms with Gasteiger partial charge in [0.1, 0.15) is 11.7 Å². The maximum atomic E-state index is 13.0. The number of aromatic nitrogens is 2. The fraction of sp³-hybridized carbons (Fsp3) is 0.368. The van der Waals surface area contributed by atoms with E-state index < -0.39 is 11.9 Å². The zero-order valence-electron chi connectivity index (χ0n) is 14.8. The number of carbonyl (C=O) groups is 3. The van der Waals surface area contributed by atoms with Gasteiger partial charge >= 0.3 is 0 Å². The van der Waals surface area contributed by atoms with Crippen LogP contribution in [0.3, 0.4) is 0 Å². The number of primary amides is 1. The summed E-state index contributed by atoms with van der Waals surface area (Å²) in [6.07, 6.45) is 3.38. The lowest BCUT2D eigenvalue weighted by molar-refractivity contribution is -0.125. The van der Waals surface area contributed by atoms with E-state index in [2.05, 4.69) is 10.4 Å². The third-order valence-electron chi connectivity index (χ3n) is 4.92. The first-order chi connectivity index (χ1) is 13.0. The molecule has 8 heteroatoms. The molecule has 0 spiro atoms. The highest BCUT2D eigenvalue weighted by Gasteiger charge is 2.37. The van der Waals surface area contributed by atoms with Crippen LogP contribution in [0, 0.1) is 0 Å². The maximum absolute atomic E-state index is 13.0. The summed E-state index contributed by atoms with van der Waals surface area (Å²) >= 11 is 0. The van der Waals surface area contributed by atoms with Crippen molar-refractivity contribution in [1.29, 1.82) is 0 Å². The highest BCUT2D eigenvalue weighted by molar-refractivity contribution is 5.99. The first-order valence-corrected chi connectivity index (χ1v) is 9.11. The van der Waals surface area contributed by atoms with Crippen molar-refractivity contribution in [3.63, 3.8) is 0 Å². The largest absolute Gasteiger partial charge is 0.364 e. The molecule has 0 radical (unpaired) electrons. The fourth-order valence-electron chi connectivity index (χ4n) is 3.38. The monoisotopic (exact) mass is 367 g/mol. The van der Waals surface area contributed by atoms with Crippen molar-refractivity contribution >= 4 is 17.7 Å². The van der Waals surface area contributed by atoms with Gasteiger partial charge in [-0.2, -0.15) is 5.10 Å². The van der Waals surface area contributed by atoms with Crippen molar-refractivity contribution < 1.29 is 14.4 Å². The SMILES string of the molecule is NC(=O)c1cc(C(=O)N2CCCC2C(=O)NC2CC2)nn1-c1ccccc1. The number of hydrogen-bond acceptors (Lipinski definition) is 4. The minimum Gasteiger partial charge on any atom is -0.364 e. The zero-order chi connectivity index (χ0) is 19.0. The van der Waals surface area contributed by atoms with Crippen molar-refractivity contribution in [3.8, 4) is 5.69 Å². The second-order valence-electron chi connectivity index (χ2n) is 6.97. The highest BCUT2D eigenvalue weighted by Crippen LogP contribution is 2.24. The van der Waals surface area contributed by atoms with Gasteiger partial charge in [-0.05, 0) is 37.8 Å². The van der Waals surface area contributed by atoms with E-state index in [9.17, 15) is 14.4 Å². The average molecular weight is 367 g/mol. The van der Waals surface area contributed by atoms with Gasteiger partial charge in [0.05, 0.1) is 5.69 Å². The van der Waals surface area contributed by atoms with Crippen LogP contribution >= 0.6 is 0 Å². The van der Waals surface area contributed by atoms with Crippen LogP contribution in [-0.2, 0) is 4.79 Å². The Morgan fingerprint density at radius 3 is 2.52 bits per heavy atom. The van der Waals surface area contributed by atoms with Gasteiger partial charge in [0.15, 0.2) is 5.69 Å². The number of nitrogens with zero attached hydrogens (tertiary/aromatic N) is 3. The van der Waals surface area contributed by atoms with Crippen molar-refractivity contribution in [2.45, 2.75) is 37.8 Å². The Morgan fingerprint density at radius 2 is 1.85 bits per heavy atom. The second kappa shape index (κ2) is 6.86. The molecule has 1 saturated heterocycles. The van der Waals surface area contributed by atoms with Crippen molar-refractivity contribution in [3.05, 3.63) is 47.8 Å². The Balaban J connectivity index is 1.61. The molecule has 2 aliphatic rings. The molecule has 1 aromatic carbocycles. The van der Waals surface area contributed by atoms with Crippen LogP contribution in [0.15, 0.2) is 36.4 Å². The molecule has 27 heavy (non-hydrogen) atoms. The van der Waals surface area contributed by atoms with E-state index in [1.165, 1.54) is 10.7 Å². The summed E-state index contributed by atoms with van der Waals surface area (Å²) in [6, 6.07) is 10.2. The summed E-state index contributed by atoms with van der Waals surface area (Å²) in [5.74, 6) is -1.14. The van der Waals surface area contributed by atoms with E-state index in [-0.39, 0.29) is 29.2 Å². The Labute approximate surface area is 156 Å². The van der Waals surface area contributed by atoms with E-state index in [1.54, 1.807) is 17.0 Å². The van der Waals surface area contributed by atoms with Crippen LogP contribution in [0.4, 0.5) is 0 Å². The quantitative estimate of drug-likeness (QED) is 0.816. The van der Waals surface area contributed by atoms with Crippen LogP contribution in [0.5, 0.6) is 0 Å². The maximum Gasteiger partial charge on any atom is 0.275 e.